The summed E-state index contributed by atoms with van der Waals surface area (Å²) < 4.78 is 0. The molecule has 1 amide bonds. The van der Waals surface area contributed by atoms with Crippen LogP contribution in [0, 0.1) is 6.92 Å². The molecule has 1 aromatic heterocycles. The molecule has 0 saturated carbocycles. The highest BCUT2D eigenvalue weighted by Gasteiger charge is 2.22. The van der Waals surface area contributed by atoms with Crippen LogP contribution in [0.5, 0.6) is 0 Å². The summed E-state index contributed by atoms with van der Waals surface area (Å²) in [5, 5.41) is 1.94. The van der Waals surface area contributed by atoms with Crippen molar-refractivity contribution in [3.05, 3.63) is 51.7 Å². The minimum Gasteiger partial charge on any atom is -0.368 e. The van der Waals surface area contributed by atoms with Crippen molar-refractivity contribution in [3.63, 3.8) is 0 Å². The number of thiophene rings is 1. The molecule has 23 heavy (non-hydrogen) atoms. The maximum atomic E-state index is 12.5. The van der Waals surface area contributed by atoms with Crippen LogP contribution < -0.4 is 4.90 Å². The second-order valence-corrected chi connectivity index (χ2v) is 6.94. The normalized spacial score (nSPS) is 14.9. The van der Waals surface area contributed by atoms with Crippen molar-refractivity contribution in [2.75, 3.05) is 31.1 Å². The van der Waals surface area contributed by atoms with E-state index < -0.39 is 0 Å². The number of carbonyl (C=O) groups excluding carboxylic acids is 2. The number of amides is 1. The summed E-state index contributed by atoms with van der Waals surface area (Å²) in [5.41, 5.74) is 2.63. The van der Waals surface area contributed by atoms with E-state index in [1.165, 1.54) is 0 Å². The summed E-state index contributed by atoms with van der Waals surface area (Å²) in [5.74, 6) is 0.207. The van der Waals surface area contributed by atoms with E-state index in [0.29, 0.717) is 0 Å². The monoisotopic (exact) mass is 328 g/mol. The van der Waals surface area contributed by atoms with Gasteiger partial charge in [-0.1, -0.05) is 0 Å². The zero-order chi connectivity index (χ0) is 16.4. The van der Waals surface area contributed by atoms with Gasteiger partial charge in [0, 0.05) is 47.7 Å². The number of hydrogen-bond donors (Lipinski definition) is 0. The molecule has 1 fully saturated rings. The first-order valence-corrected chi connectivity index (χ1v) is 8.63. The van der Waals surface area contributed by atoms with Crippen LogP contribution in [0.25, 0.3) is 0 Å². The van der Waals surface area contributed by atoms with E-state index in [9.17, 15) is 9.59 Å². The largest absolute Gasteiger partial charge is 0.368 e. The van der Waals surface area contributed by atoms with Gasteiger partial charge in [0.05, 0.1) is 5.56 Å². The van der Waals surface area contributed by atoms with Crippen LogP contribution >= 0.6 is 11.3 Å². The Balaban J connectivity index is 1.61. The van der Waals surface area contributed by atoms with E-state index in [2.05, 4.69) is 4.90 Å². The lowest BCUT2D eigenvalue weighted by molar-refractivity contribution is 0.0747. The second-order valence-electron chi connectivity index (χ2n) is 5.83. The predicted octanol–water partition coefficient (Wildman–Crippen LogP) is 3.22. The topological polar surface area (TPSA) is 40.6 Å². The van der Waals surface area contributed by atoms with Gasteiger partial charge in [0.1, 0.15) is 0 Å². The van der Waals surface area contributed by atoms with E-state index in [1.807, 2.05) is 47.5 Å². The van der Waals surface area contributed by atoms with Crippen LogP contribution in [0.15, 0.2) is 35.7 Å². The first-order valence-electron chi connectivity index (χ1n) is 7.75. The Labute approximate surface area is 140 Å². The van der Waals surface area contributed by atoms with Crippen molar-refractivity contribution in [2.24, 2.45) is 0 Å². The minimum absolute atomic E-state index is 0.0815. The molecule has 4 nitrogen and oxygen atoms in total. The third-order valence-corrected chi connectivity index (χ3v) is 5.04. The first kappa shape index (κ1) is 15.7. The van der Waals surface area contributed by atoms with Crippen LogP contribution in [0.4, 0.5) is 5.69 Å². The maximum absolute atomic E-state index is 12.5. The van der Waals surface area contributed by atoms with E-state index in [0.717, 1.165) is 47.9 Å². The molecular formula is C18H20N2O2S. The number of hydrogen-bond acceptors (Lipinski definition) is 4. The Kier molecular flexibility index (Phi) is 4.48. The summed E-state index contributed by atoms with van der Waals surface area (Å²) in [6.07, 6.45) is 0. The molecular weight excluding hydrogens is 308 g/mol. The highest BCUT2D eigenvalue weighted by molar-refractivity contribution is 7.10. The smallest absolute Gasteiger partial charge is 0.254 e. The van der Waals surface area contributed by atoms with E-state index in [1.54, 1.807) is 18.3 Å². The Morgan fingerprint density at radius 3 is 2.17 bits per heavy atom. The van der Waals surface area contributed by atoms with Gasteiger partial charge in [-0.05, 0) is 44.2 Å². The standard InChI is InChI=1S/C18H20N2O2S/c1-13-11-16(12-23-13)18(22)20-9-7-19(8-10-20)17-5-3-15(4-6-17)14(2)21/h3-6,11-12H,7-10H2,1-2H3. The summed E-state index contributed by atoms with van der Waals surface area (Å²) in [4.78, 5) is 29.1. The van der Waals surface area contributed by atoms with Crippen molar-refractivity contribution in [3.8, 4) is 0 Å². The molecule has 120 valence electrons. The van der Waals surface area contributed by atoms with Gasteiger partial charge in [0.2, 0.25) is 0 Å². The molecule has 0 atom stereocenters. The van der Waals surface area contributed by atoms with Crippen molar-refractivity contribution in [1.29, 1.82) is 0 Å². The lowest BCUT2D eigenvalue weighted by Gasteiger charge is -2.36. The Bertz CT molecular complexity index is 713. The Hall–Kier alpha value is -2.14. The quantitative estimate of drug-likeness (QED) is 0.812. The van der Waals surface area contributed by atoms with Gasteiger partial charge in [-0.2, -0.15) is 0 Å². The van der Waals surface area contributed by atoms with Gasteiger partial charge in [-0.15, -0.1) is 11.3 Å². The Morgan fingerprint density at radius 2 is 1.65 bits per heavy atom. The molecule has 1 saturated heterocycles. The minimum atomic E-state index is 0.0815. The third-order valence-electron chi connectivity index (χ3n) is 4.18. The highest BCUT2D eigenvalue weighted by atomic mass is 32.1. The lowest BCUT2D eigenvalue weighted by Crippen LogP contribution is -2.48. The van der Waals surface area contributed by atoms with Crippen LogP contribution in [0.1, 0.15) is 32.5 Å². The fraction of sp³-hybridized carbons (Fsp3) is 0.333. The summed E-state index contributed by atoms with van der Waals surface area (Å²) >= 11 is 1.61. The van der Waals surface area contributed by atoms with E-state index in [-0.39, 0.29) is 11.7 Å². The summed E-state index contributed by atoms with van der Waals surface area (Å²) in [7, 11) is 0. The zero-order valence-electron chi connectivity index (χ0n) is 13.4. The van der Waals surface area contributed by atoms with Gasteiger partial charge in [-0.25, -0.2) is 0 Å². The number of benzene rings is 1. The summed E-state index contributed by atoms with van der Waals surface area (Å²) in [6, 6.07) is 9.65. The number of Topliss-reactive ketones (excluding diaryl/α,β-unsaturated/α-hetero) is 1. The fourth-order valence-corrected chi connectivity index (χ4v) is 3.49. The van der Waals surface area contributed by atoms with Gasteiger partial charge in [0.25, 0.3) is 5.91 Å². The Morgan fingerprint density at radius 1 is 1.00 bits per heavy atom. The lowest BCUT2D eigenvalue weighted by atomic mass is 10.1. The SMILES string of the molecule is CC(=O)c1ccc(N2CCN(C(=O)c3csc(C)c3)CC2)cc1. The molecule has 2 heterocycles. The van der Waals surface area contributed by atoms with Gasteiger partial charge >= 0.3 is 0 Å². The van der Waals surface area contributed by atoms with Crippen LogP contribution in [0.2, 0.25) is 0 Å². The molecule has 2 aromatic rings. The highest BCUT2D eigenvalue weighted by Crippen LogP contribution is 2.20. The van der Waals surface area contributed by atoms with Crippen LogP contribution in [-0.4, -0.2) is 42.8 Å². The molecule has 0 spiro atoms. The number of nitrogens with zero attached hydrogens (tertiary/aromatic N) is 2. The molecule has 1 aliphatic heterocycles. The molecule has 1 aliphatic rings. The molecule has 5 heteroatoms. The summed E-state index contributed by atoms with van der Waals surface area (Å²) in [6.45, 7) is 6.67. The molecule has 1 aromatic carbocycles. The van der Waals surface area contributed by atoms with E-state index in [4.69, 9.17) is 0 Å². The average Bonchev–Trinajstić information content (AvgIpc) is 3.01. The second kappa shape index (κ2) is 6.54. The first-order chi connectivity index (χ1) is 11.0. The van der Waals surface area contributed by atoms with Crippen LogP contribution in [-0.2, 0) is 0 Å². The van der Waals surface area contributed by atoms with Gasteiger partial charge in [-0.3, -0.25) is 9.59 Å². The van der Waals surface area contributed by atoms with E-state index >= 15 is 0 Å². The number of ketones is 1. The third kappa shape index (κ3) is 3.45. The molecule has 3 rings (SSSR count). The number of aryl methyl sites for hydroxylation is 1. The zero-order valence-corrected chi connectivity index (χ0v) is 14.2. The number of rotatable bonds is 3. The van der Waals surface area contributed by atoms with Gasteiger partial charge < -0.3 is 9.80 Å². The predicted molar refractivity (Wildman–Crippen MR) is 93.6 cm³/mol. The van der Waals surface area contributed by atoms with Crippen molar-refractivity contribution < 1.29 is 9.59 Å². The molecule has 0 N–H and O–H groups in total. The average molecular weight is 328 g/mol. The number of anilines is 1. The molecule has 0 radical (unpaired) electrons. The number of carbonyl (C=O) groups is 2. The van der Waals surface area contributed by atoms with Crippen molar-refractivity contribution >= 4 is 28.7 Å². The number of piperazine rings is 1. The maximum Gasteiger partial charge on any atom is 0.254 e. The van der Waals surface area contributed by atoms with Gasteiger partial charge in [0.15, 0.2) is 5.78 Å². The van der Waals surface area contributed by atoms with Crippen molar-refractivity contribution in [1.82, 2.24) is 4.90 Å². The fourth-order valence-electron chi connectivity index (χ4n) is 2.81. The molecule has 0 aliphatic carbocycles. The molecule has 0 unspecified atom stereocenters. The molecule has 0 bridgehead atoms. The van der Waals surface area contributed by atoms with Crippen molar-refractivity contribution in [2.45, 2.75) is 13.8 Å². The van der Waals surface area contributed by atoms with Crippen LogP contribution in [0.3, 0.4) is 0 Å².